The Balaban J connectivity index is 2.39. The third kappa shape index (κ3) is 6.57. The zero-order valence-electron chi connectivity index (χ0n) is 12.2. The Bertz CT molecular complexity index is 535. The normalized spacial score (nSPS) is 10.8. The molecule has 0 bridgehead atoms. The molecule has 1 aromatic carbocycles. The second-order valence-electron chi connectivity index (χ2n) is 4.61. The number of amides is 1. The van der Waals surface area contributed by atoms with Crippen molar-refractivity contribution in [3.8, 4) is 6.07 Å². The number of hydrogen-bond donors (Lipinski definition) is 2. The fourth-order valence-electron chi connectivity index (χ4n) is 1.71. The molecule has 0 fully saturated rings. The average Bonchev–Trinajstić information content (AvgIpc) is 2.47. The number of benzene rings is 1. The van der Waals surface area contributed by atoms with Gasteiger partial charge in [0.1, 0.15) is 17.5 Å². The number of hydrogen-bond acceptors (Lipinski definition) is 3. The summed E-state index contributed by atoms with van der Waals surface area (Å²) in [5.41, 5.74) is 0.909. The Kier molecular flexibility index (Phi) is 7.59. The molecule has 0 atom stereocenters. The van der Waals surface area contributed by atoms with Gasteiger partial charge >= 0.3 is 0 Å². The number of nitriles is 1. The van der Waals surface area contributed by atoms with Crippen LogP contribution in [-0.4, -0.2) is 19.0 Å². The number of nitrogens with zero attached hydrogens (tertiary/aromatic N) is 1. The molecule has 0 radical (unpaired) electrons. The molecule has 4 nitrogen and oxygen atoms in total. The van der Waals surface area contributed by atoms with Crippen LogP contribution in [0.3, 0.4) is 0 Å². The number of halogens is 1. The highest BCUT2D eigenvalue weighted by molar-refractivity contribution is 5.97. The van der Waals surface area contributed by atoms with Gasteiger partial charge in [0.05, 0.1) is 0 Å². The van der Waals surface area contributed by atoms with Crippen LogP contribution < -0.4 is 10.6 Å². The topological polar surface area (TPSA) is 64.9 Å². The molecule has 21 heavy (non-hydrogen) atoms. The molecule has 0 heterocycles. The first-order valence-corrected chi connectivity index (χ1v) is 7.03. The van der Waals surface area contributed by atoms with E-state index >= 15 is 0 Å². The van der Waals surface area contributed by atoms with E-state index in [4.69, 9.17) is 5.26 Å². The smallest absolute Gasteiger partial charge is 0.263 e. The highest BCUT2D eigenvalue weighted by atomic mass is 19.1. The molecule has 0 spiro atoms. The summed E-state index contributed by atoms with van der Waals surface area (Å²) in [6.07, 6.45) is 3.89. The maximum atomic E-state index is 13.0. The van der Waals surface area contributed by atoms with Crippen LogP contribution in [0.5, 0.6) is 0 Å². The number of nitrogens with one attached hydrogen (secondary N) is 2. The summed E-state index contributed by atoms with van der Waals surface area (Å²) in [6.45, 7) is 3.12. The SMILES string of the molecule is CCCCNC(=O)/C(C#N)=C\NCCc1cccc(F)c1. The van der Waals surface area contributed by atoms with Crippen molar-refractivity contribution in [3.05, 3.63) is 47.4 Å². The summed E-state index contributed by atoms with van der Waals surface area (Å²) in [5, 5.41) is 14.5. The van der Waals surface area contributed by atoms with Crippen molar-refractivity contribution in [2.75, 3.05) is 13.1 Å². The summed E-state index contributed by atoms with van der Waals surface area (Å²) >= 11 is 0. The van der Waals surface area contributed by atoms with E-state index in [0.717, 1.165) is 18.4 Å². The minimum absolute atomic E-state index is 0.0466. The van der Waals surface area contributed by atoms with Crippen molar-refractivity contribution in [3.63, 3.8) is 0 Å². The second kappa shape index (κ2) is 9.54. The van der Waals surface area contributed by atoms with Gasteiger partial charge in [-0.3, -0.25) is 4.79 Å². The van der Waals surface area contributed by atoms with E-state index in [1.54, 1.807) is 6.07 Å². The quantitative estimate of drug-likeness (QED) is 0.438. The van der Waals surface area contributed by atoms with Crippen molar-refractivity contribution >= 4 is 5.91 Å². The Labute approximate surface area is 124 Å². The zero-order valence-corrected chi connectivity index (χ0v) is 12.2. The number of carbonyl (C=O) groups excluding carboxylic acids is 1. The minimum atomic E-state index is -0.371. The molecule has 0 aliphatic heterocycles. The third-order valence-electron chi connectivity index (χ3n) is 2.87. The molecule has 5 heteroatoms. The Morgan fingerprint density at radius 2 is 2.24 bits per heavy atom. The van der Waals surface area contributed by atoms with Crippen LogP contribution in [0.2, 0.25) is 0 Å². The number of unbranched alkanes of at least 4 members (excludes halogenated alkanes) is 1. The molecule has 2 N–H and O–H groups in total. The van der Waals surface area contributed by atoms with Crippen LogP contribution in [0.15, 0.2) is 36.0 Å². The molecule has 0 unspecified atom stereocenters. The van der Waals surface area contributed by atoms with Crippen molar-refractivity contribution in [2.24, 2.45) is 0 Å². The van der Waals surface area contributed by atoms with E-state index in [1.165, 1.54) is 18.3 Å². The molecule has 1 rings (SSSR count). The maximum Gasteiger partial charge on any atom is 0.263 e. The van der Waals surface area contributed by atoms with E-state index < -0.39 is 0 Å². The monoisotopic (exact) mass is 289 g/mol. The van der Waals surface area contributed by atoms with Gasteiger partial charge in [-0.15, -0.1) is 0 Å². The van der Waals surface area contributed by atoms with Crippen molar-refractivity contribution in [1.82, 2.24) is 10.6 Å². The van der Waals surface area contributed by atoms with Gasteiger partial charge in [-0.2, -0.15) is 5.26 Å². The molecule has 0 saturated carbocycles. The summed E-state index contributed by atoms with van der Waals surface area (Å²) in [7, 11) is 0. The lowest BCUT2D eigenvalue weighted by Gasteiger charge is -2.05. The molecule has 0 aliphatic carbocycles. The first-order valence-electron chi connectivity index (χ1n) is 7.03. The van der Waals surface area contributed by atoms with Gasteiger partial charge in [0.2, 0.25) is 0 Å². The molecule has 0 aromatic heterocycles. The third-order valence-corrected chi connectivity index (χ3v) is 2.87. The van der Waals surface area contributed by atoms with Crippen molar-refractivity contribution in [1.29, 1.82) is 5.26 Å². The Hall–Kier alpha value is -2.35. The van der Waals surface area contributed by atoms with E-state index in [9.17, 15) is 9.18 Å². The van der Waals surface area contributed by atoms with Crippen LogP contribution >= 0.6 is 0 Å². The highest BCUT2D eigenvalue weighted by Gasteiger charge is 2.07. The molecule has 112 valence electrons. The molecular weight excluding hydrogens is 269 g/mol. The molecule has 1 amide bonds. The largest absolute Gasteiger partial charge is 0.389 e. The summed E-state index contributed by atoms with van der Waals surface area (Å²) < 4.78 is 13.0. The summed E-state index contributed by atoms with van der Waals surface area (Å²) in [5.74, 6) is -0.639. The lowest BCUT2D eigenvalue weighted by molar-refractivity contribution is -0.117. The number of carbonyl (C=O) groups is 1. The van der Waals surface area contributed by atoms with Crippen molar-refractivity contribution < 1.29 is 9.18 Å². The Morgan fingerprint density at radius 3 is 2.90 bits per heavy atom. The first-order chi connectivity index (χ1) is 10.2. The molecular formula is C16H20FN3O. The van der Waals surface area contributed by atoms with Crippen LogP contribution in [0.4, 0.5) is 4.39 Å². The van der Waals surface area contributed by atoms with E-state index in [-0.39, 0.29) is 17.3 Å². The van der Waals surface area contributed by atoms with Crippen LogP contribution in [0.1, 0.15) is 25.3 Å². The fraction of sp³-hybridized carbons (Fsp3) is 0.375. The van der Waals surface area contributed by atoms with Gasteiger partial charge in [0, 0.05) is 19.3 Å². The molecule has 1 aromatic rings. The number of rotatable bonds is 8. The lowest BCUT2D eigenvalue weighted by atomic mass is 10.1. The lowest BCUT2D eigenvalue weighted by Crippen LogP contribution is -2.26. The van der Waals surface area contributed by atoms with Crippen LogP contribution in [-0.2, 0) is 11.2 Å². The predicted molar refractivity (Wildman–Crippen MR) is 79.7 cm³/mol. The van der Waals surface area contributed by atoms with Crippen LogP contribution in [0, 0.1) is 17.1 Å². The van der Waals surface area contributed by atoms with Crippen molar-refractivity contribution in [2.45, 2.75) is 26.2 Å². The van der Waals surface area contributed by atoms with Gasteiger partial charge in [-0.1, -0.05) is 25.5 Å². The van der Waals surface area contributed by atoms with E-state index in [0.29, 0.717) is 19.5 Å². The maximum absolute atomic E-state index is 13.0. The second-order valence-corrected chi connectivity index (χ2v) is 4.61. The van der Waals surface area contributed by atoms with Gasteiger partial charge in [-0.25, -0.2) is 4.39 Å². The highest BCUT2D eigenvalue weighted by Crippen LogP contribution is 2.03. The van der Waals surface area contributed by atoms with E-state index in [1.807, 2.05) is 19.1 Å². The molecule has 0 aliphatic rings. The average molecular weight is 289 g/mol. The zero-order chi connectivity index (χ0) is 15.5. The van der Waals surface area contributed by atoms with E-state index in [2.05, 4.69) is 10.6 Å². The van der Waals surface area contributed by atoms with Gasteiger partial charge in [0.25, 0.3) is 5.91 Å². The summed E-state index contributed by atoms with van der Waals surface area (Å²) in [4.78, 5) is 11.7. The molecule has 0 saturated heterocycles. The predicted octanol–water partition coefficient (Wildman–Crippen LogP) is 2.28. The van der Waals surface area contributed by atoms with Crippen LogP contribution in [0.25, 0.3) is 0 Å². The van der Waals surface area contributed by atoms with Gasteiger partial charge < -0.3 is 10.6 Å². The standard InChI is InChI=1S/C16H20FN3O/c1-2-3-8-20-16(21)14(11-18)12-19-9-7-13-5-4-6-15(17)10-13/h4-6,10,12,19H,2-3,7-9H2,1H3,(H,20,21)/b14-12-. The minimum Gasteiger partial charge on any atom is -0.389 e. The van der Waals surface area contributed by atoms with Gasteiger partial charge in [0.15, 0.2) is 0 Å². The Morgan fingerprint density at radius 1 is 1.43 bits per heavy atom. The summed E-state index contributed by atoms with van der Waals surface area (Å²) in [6, 6.07) is 8.21. The fourth-order valence-corrected chi connectivity index (χ4v) is 1.71. The van der Waals surface area contributed by atoms with Gasteiger partial charge in [-0.05, 0) is 30.5 Å². The first kappa shape index (κ1) is 16.7.